The molecule has 1 aromatic carbocycles. The number of hydrogen-bond acceptors (Lipinski definition) is 4. The predicted octanol–water partition coefficient (Wildman–Crippen LogP) is 0.778. The van der Waals surface area contributed by atoms with E-state index >= 15 is 0 Å². The number of rotatable bonds is 2. The molecule has 0 saturated heterocycles. The van der Waals surface area contributed by atoms with Crippen molar-refractivity contribution in [2.24, 2.45) is 0 Å². The Labute approximate surface area is 89.7 Å². The van der Waals surface area contributed by atoms with Crippen molar-refractivity contribution in [1.82, 2.24) is 15.2 Å². The molecule has 0 fully saturated rings. The summed E-state index contributed by atoms with van der Waals surface area (Å²) in [6.45, 7) is 0. The number of benzene rings is 1. The standard InChI is InChI=1S/C9H8FN5O/c10-6-2-1-5(3-7(6)11)8(16)14-9-12-4-13-15-9/h1-4H,11H2,(H2,12,13,14,15,16). The molecule has 1 amide bonds. The first kappa shape index (κ1) is 10.1. The van der Waals surface area contributed by atoms with Gasteiger partial charge < -0.3 is 5.73 Å². The largest absolute Gasteiger partial charge is 0.396 e. The number of H-pyrrole nitrogens is 1. The van der Waals surface area contributed by atoms with Gasteiger partial charge in [0.15, 0.2) is 0 Å². The van der Waals surface area contributed by atoms with Crippen LogP contribution in [-0.2, 0) is 0 Å². The van der Waals surface area contributed by atoms with Gasteiger partial charge in [-0.05, 0) is 18.2 Å². The average molecular weight is 221 g/mol. The summed E-state index contributed by atoms with van der Waals surface area (Å²) < 4.78 is 12.9. The zero-order chi connectivity index (χ0) is 11.5. The number of amides is 1. The first-order valence-corrected chi connectivity index (χ1v) is 4.38. The Morgan fingerprint density at radius 1 is 1.50 bits per heavy atom. The Bertz CT molecular complexity index is 511. The fraction of sp³-hybridized carbons (Fsp3) is 0. The predicted molar refractivity (Wildman–Crippen MR) is 55.1 cm³/mol. The van der Waals surface area contributed by atoms with Crippen molar-refractivity contribution in [2.45, 2.75) is 0 Å². The molecular weight excluding hydrogens is 213 g/mol. The third-order valence-electron chi connectivity index (χ3n) is 1.91. The van der Waals surface area contributed by atoms with Crippen LogP contribution in [0.25, 0.3) is 0 Å². The minimum Gasteiger partial charge on any atom is -0.396 e. The molecule has 0 atom stereocenters. The zero-order valence-electron chi connectivity index (χ0n) is 8.07. The molecule has 2 rings (SSSR count). The number of nitrogens with zero attached hydrogens (tertiary/aromatic N) is 2. The number of nitrogens with one attached hydrogen (secondary N) is 2. The van der Waals surface area contributed by atoms with Crippen LogP contribution in [0.2, 0.25) is 0 Å². The SMILES string of the molecule is Nc1cc(C(=O)Nc2ncn[nH]2)ccc1F. The van der Waals surface area contributed by atoms with Gasteiger partial charge in [-0.2, -0.15) is 10.1 Å². The number of halogens is 1. The fourth-order valence-corrected chi connectivity index (χ4v) is 1.13. The van der Waals surface area contributed by atoms with Crippen molar-refractivity contribution in [3.05, 3.63) is 35.9 Å². The number of hydrogen-bond donors (Lipinski definition) is 3. The molecule has 6 nitrogen and oxygen atoms in total. The van der Waals surface area contributed by atoms with E-state index in [9.17, 15) is 9.18 Å². The first-order valence-electron chi connectivity index (χ1n) is 4.38. The monoisotopic (exact) mass is 221 g/mol. The molecule has 4 N–H and O–H groups in total. The topological polar surface area (TPSA) is 96.7 Å². The highest BCUT2D eigenvalue weighted by Crippen LogP contribution is 2.13. The van der Waals surface area contributed by atoms with Gasteiger partial charge in [-0.3, -0.25) is 10.1 Å². The van der Waals surface area contributed by atoms with Crippen molar-refractivity contribution >= 4 is 17.5 Å². The van der Waals surface area contributed by atoms with Crippen molar-refractivity contribution < 1.29 is 9.18 Å². The van der Waals surface area contributed by atoms with Crippen LogP contribution in [0.4, 0.5) is 16.0 Å². The highest BCUT2D eigenvalue weighted by molar-refractivity contribution is 6.03. The van der Waals surface area contributed by atoms with E-state index in [4.69, 9.17) is 5.73 Å². The van der Waals surface area contributed by atoms with Gasteiger partial charge in [0.05, 0.1) is 5.69 Å². The summed E-state index contributed by atoms with van der Waals surface area (Å²) in [6.07, 6.45) is 1.26. The number of carbonyl (C=O) groups is 1. The molecule has 1 aromatic heterocycles. The van der Waals surface area contributed by atoms with Gasteiger partial charge in [-0.1, -0.05) is 0 Å². The summed E-state index contributed by atoms with van der Waals surface area (Å²) in [5.41, 5.74) is 5.51. The summed E-state index contributed by atoms with van der Waals surface area (Å²) in [4.78, 5) is 15.3. The van der Waals surface area contributed by atoms with Crippen LogP contribution < -0.4 is 11.1 Å². The van der Waals surface area contributed by atoms with Crippen LogP contribution in [0.1, 0.15) is 10.4 Å². The molecule has 7 heteroatoms. The van der Waals surface area contributed by atoms with E-state index in [1.807, 2.05) is 0 Å². The highest BCUT2D eigenvalue weighted by Gasteiger charge is 2.09. The molecule has 0 saturated carbocycles. The fourth-order valence-electron chi connectivity index (χ4n) is 1.13. The van der Waals surface area contributed by atoms with Gasteiger partial charge in [-0.25, -0.2) is 9.49 Å². The lowest BCUT2D eigenvalue weighted by Crippen LogP contribution is -2.13. The Kier molecular flexibility index (Phi) is 2.50. The maximum Gasteiger partial charge on any atom is 0.258 e. The quantitative estimate of drug-likeness (QED) is 0.653. The third kappa shape index (κ3) is 1.97. The second-order valence-electron chi connectivity index (χ2n) is 3.02. The van der Waals surface area contributed by atoms with Gasteiger partial charge in [0.2, 0.25) is 5.95 Å². The lowest BCUT2D eigenvalue weighted by molar-refractivity contribution is 0.102. The van der Waals surface area contributed by atoms with Crippen LogP contribution in [-0.4, -0.2) is 21.1 Å². The normalized spacial score (nSPS) is 10.1. The lowest BCUT2D eigenvalue weighted by atomic mass is 10.2. The minimum absolute atomic E-state index is 0.0785. The van der Waals surface area contributed by atoms with Gasteiger partial charge in [0.1, 0.15) is 12.1 Å². The average Bonchev–Trinajstić information content (AvgIpc) is 2.74. The maximum absolute atomic E-state index is 12.9. The Hall–Kier alpha value is -2.44. The molecule has 0 radical (unpaired) electrons. The number of nitrogens with two attached hydrogens (primary N) is 1. The molecule has 0 aliphatic rings. The zero-order valence-corrected chi connectivity index (χ0v) is 8.07. The van der Waals surface area contributed by atoms with Crippen molar-refractivity contribution in [3.8, 4) is 0 Å². The number of aromatic nitrogens is 3. The van der Waals surface area contributed by atoms with Crippen LogP contribution >= 0.6 is 0 Å². The molecule has 0 bridgehead atoms. The summed E-state index contributed by atoms with van der Waals surface area (Å²) in [5.74, 6) is -0.785. The second-order valence-corrected chi connectivity index (χ2v) is 3.02. The van der Waals surface area contributed by atoms with Gasteiger partial charge in [0, 0.05) is 5.56 Å². The Balaban J connectivity index is 2.18. The number of carbonyl (C=O) groups excluding carboxylic acids is 1. The number of aromatic amines is 1. The smallest absolute Gasteiger partial charge is 0.258 e. The van der Waals surface area contributed by atoms with Crippen molar-refractivity contribution in [3.63, 3.8) is 0 Å². The van der Waals surface area contributed by atoms with Crippen LogP contribution in [0, 0.1) is 5.82 Å². The first-order chi connectivity index (χ1) is 7.66. The van der Waals surface area contributed by atoms with E-state index < -0.39 is 11.7 Å². The van der Waals surface area contributed by atoms with Crippen LogP contribution in [0.15, 0.2) is 24.5 Å². The summed E-state index contributed by atoms with van der Waals surface area (Å²) in [6, 6.07) is 3.71. The highest BCUT2D eigenvalue weighted by atomic mass is 19.1. The molecular formula is C9H8FN5O. The molecule has 0 aliphatic carbocycles. The molecule has 16 heavy (non-hydrogen) atoms. The maximum atomic E-state index is 12.9. The van der Waals surface area contributed by atoms with Gasteiger partial charge >= 0.3 is 0 Å². The third-order valence-corrected chi connectivity index (χ3v) is 1.91. The van der Waals surface area contributed by atoms with Crippen LogP contribution in [0.5, 0.6) is 0 Å². The number of anilines is 2. The Morgan fingerprint density at radius 3 is 2.94 bits per heavy atom. The van der Waals surface area contributed by atoms with Crippen molar-refractivity contribution in [1.29, 1.82) is 0 Å². The van der Waals surface area contributed by atoms with E-state index in [1.165, 1.54) is 18.5 Å². The summed E-state index contributed by atoms with van der Waals surface area (Å²) >= 11 is 0. The van der Waals surface area contributed by atoms with Gasteiger partial charge in [-0.15, -0.1) is 0 Å². The lowest BCUT2D eigenvalue weighted by Gasteiger charge is -2.02. The van der Waals surface area contributed by atoms with E-state index in [2.05, 4.69) is 20.5 Å². The van der Waals surface area contributed by atoms with Crippen molar-refractivity contribution in [2.75, 3.05) is 11.1 Å². The van der Waals surface area contributed by atoms with Gasteiger partial charge in [0.25, 0.3) is 5.91 Å². The van der Waals surface area contributed by atoms with E-state index in [0.717, 1.165) is 6.07 Å². The minimum atomic E-state index is -0.559. The second kappa shape index (κ2) is 3.97. The molecule has 0 unspecified atom stereocenters. The molecule has 2 aromatic rings. The summed E-state index contributed by atoms with van der Waals surface area (Å²) in [5, 5.41) is 8.47. The number of nitrogen functional groups attached to an aromatic ring is 1. The van der Waals surface area contributed by atoms with Crippen LogP contribution in [0.3, 0.4) is 0 Å². The summed E-state index contributed by atoms with van der Waals surface area (Å²) in [7, 11) is 0. The van der Waals surface area contributed by atoms with E-state index in [-0.39, 0.29) is 17.2 Å². The molecule has 0 aliphatic heterocycles. The molecule has 0 spiro atoms. The van der Waals surface area contributed by atoms with E-state index in [0.29, 0.717) is 0 Å². The Morgan fingerprint density at radius 2 is 2.31 bits per heavy atom. The molecule has 1 heterocycles. The van der Waals surface area contributed by atoms with E-state index in [1.54, 1.807) is 0 Å². The molecule has 82 valence electrons.